The Labute approximate surface area is 150 Å². The highest BCUT2D eigenvalue weighted by Gasteiger charge is 2.17. The van der Waals surface area contributed by atoms with Gasteiger partial charge in [-0.2, -0.15) is 0 Å². The van der Waals surface area contributed by atoms with Crippen LogP contribution in [-0.2, 0) is 17.8 Å². The Morgan fingerprint density at radius 1 is 1.36 bits per heavy atom. The number of rotatable bonds is 8. The van der Waals surface area contributed by atoms with Crippen molar-refractivity contribution < 1.29 is 9.90 Å². The maximum Gasteiger partial charge on any atom is 0.323 e. The van der Waals surface area contributed by atoms with Crippen LogP contribution in [0.15, 0.2) is 41.3 Å². The van der Waals surface area contributed by atoms with Gasteiger partial charge in [0, 0.05) is 12.6 Å². The molecule has 2 rings (SSSR count). The van der Waals surface area contributed by atoms with E-state index >= 15 is 0 Å². The van der Waals surface area contributed by atoms with Crippen LogP contribution in [0.5, 0.6) is 0 Å². The number of aliphatic carboxylic acids is 1. The lowest BCUT2D eigenvalue weighted by Gasteiger charge is -2.23. The third-order valence-corrected chi connectivity index (χ3v) is 3.85. The van der Waals surface area contributed by atoms with E-state index in [1.165, 1.54) is 6.20 Å². The van der Waals surface area contributed by atoms with Crippen molar-refractivity contribution in [2.24, 2.45) is 0 Å². The standard InChI is InChI=1S/C17H21ClN4O3/c1-21(2)10-13(8-12-6-4-3-5-7-12)20-16-17(25)22(11-15(23)24)14(18)9-19-16/h3-7,9,13H,8,10-11H2,1-2H3,(H,19,20)(H,23,24). The van der Waals surface area contributed by atoms with Crippen molar-refractivity contribution in [2.75, 3.05) is 26.0 Å². The summed E-state index contributed by atoms with van der Waals surface area (Å²) < 4.78 is 0.981. The molecule has 8 heteroatoms. The van der Waals surface area contributed by atoms with Gasteiger partial charge in [-0.3, -0.25) is 14.2 Å². The molecule has 0 bridgehead atoms. The molecule has 0 amide bonds. The zero-order valence-electron chi connectivity index (χ0n) is 14.1. The first kappa shape index (κ1) is 19.0. The van der Waals surface area contributed by atoms with Gasteiger partial charge in [-0.05, 0) is 26.1 Å². The molecule has 2 aromatic rings. The molecular formula is C17H21ClN4O3. The van der Waals surface area contributed by atoms with Crippen LogP contribution in [0.3, 0.4) is 0 Å². The zero-order valence-corrected chi connectivity index (χ0v) is 14.9. The molecule has 25 heavy (non-hydrogen) atoms. The summed E-state index contributed by atoms with van der Waals surface area (Å²) in [5.41, 5.74) is 0.577. The molecule has 7 nitrogen and oxygen atoms in total. The summed E-state index contributed by atoms with van der Waals surface area (Å²) in [5, 5.41) is 12.1. The van der Waals surface area contributed by atoms with E-state index in [9.17, 15) is 9.59 Å². The van der Waals surface area contributed by atoms with Crippen molar-refractivity contribution in [1.82, 2.24) is 14.5 Å². The van der Waals surface area contributed by atoms with E-state index < -0.39 is 18.1 Å². The summed E-state index contributed by atoms with van der Waals surface area (Å²) in [6.45, 7) is 0.170. The summed E-state index contributed by atoms with van der Waals surface area (Å²) in [5.74, 6) is -1.05. The number of halogens is 1. The number of carboxylic acids is 1. The van der Waals surface area contributed by atoms with Crippen molar-refractivity contribution >= 4 is 23.4 Å². The molecule has 0 aliphatic heterocycles. The predicted molar refractivity (Wildman–Crippen MR) is 97.3 cm³/mol. The average Bonchev–Trinajstić information content (AvgIpc) is 2.54. The van der Waals surface area contributed by atoms with Gasteiger partial charge in [-0.25, -0.2) is 4.98 Å². The second-order valence-corrected chi connectivity index (χ2v) is 6.40. The van der Waals surface area contributed by atoms with Gasteiger partial charge < -0.3 is 15.3 Å². The monoisotopic (exact) mass is 364 g/mol. The van der Waals surface area contributed by atoms with Gasteiger partial charge in [0.05, 0.1) is 6.20 Å². The quantitative estimate of drug-likeness (QED) is 0.739. The Morgan fingerprint density at radius 3 is 2.64 bits per heavy atom. The fourth-order valence-electron chi connectivity index (χ4n) is 2.54. The number of anilines is 1. The normalized spacial score (nSPS) is 12.2. The molecule has 1 aromatic carbocycles. The summed E-state index contributed by atoms with van der Waals surface area (Å²) in [7, 11) is 3.88. The Kier molecular flexibility index (Phi) is 6.55. The van der Waals surface area contributed by atoms with E-state index in [0.717, 1.165) is 10.1 Å². The molecule has 0 radical (unpaired) electrons. The molecule has 0 fully saturated rings. The first-order valence-electron chi connectivity index (χ1n) is 7.79. The topological polar surface area (TPSA) is 87.5 Å². The molecule has 0 saturated heterocycles. The van der Waals surface area contributed by atoms with Gasteiger partial charge in [0.1, 0.15) is 11.7 Å². The molecule has 2 N–H and O–H groups in total. The molecule has 0 spiro atoms. The molecule has 1 atom stereocenters. The highest BCUT2D eigenvalue weighted by Crippen LogP contribution is 2.10. The van der Waals surface area contributed by atoms with E-state index in [2.05, 4.69) is 10.3 Å². The fourth-order valence-corrected chi connectivity index (χ4v) is 2.73. The van der Waals surface area contributed by atoms with Gasteiger partial charge in [-0.15, -0.1) is 0 Å². The Hall–Kier alpha value is -2.38. The third-order valence-electron chi connectivity index (χ3n) is 3.55. The number of likely N-dealkylation sites (N-methyl/N-ethyl adjacent to an activating group) is 1. The van der Waals surface area contributed by atoms with Gasteiger partial charge in [-0.1, -0.05) is 41.9 Å². The maximum atomic E-state index is 12.5. The van der Waals surface area contributed by atoms with Crippen LogP contribution in [0.2, 0.25) is 5.15 Å². The fraction of sp³-hybridized carbons (Fsp3) is 0.353. The number of hydrogen-bond acceptors (Lipinski definition) is 5. The number of carboxylic acid groups (broad SMARTS) is 1. The van der Waals surface area contributed by atoms with Gasteiger partial charge in [0.2, 0.25) is 0 Å². The van der Waals surface area contributed by atoms with Crippen LogP contribution in [0.25, 0.3) is 0 Å². The lowest BCUT2D eigenvalue weighted by atomic mass is 10.1. The molecule has 134 valence electrons. The first-order valence-corrected chi connectivity index (χ1v) is 8.17. The van der Waals surface area contributed by atoms with Crippen LogP contribution in [0.4, 0.5) is 5.82 Å². The van der Waals surface area contributed by atoms with Crippen LogP contribution in [0.1, 0.15) is 5.56 Å². The Morgan fingerprint density at radius 2 is 2.04 bits per heavy atom. The molecule has 0 aliphatic carbocycles. The number of nitrogens with zero attached hydrogens (tertiary/aromatic N) is 3. The minimum atomic E-state index is -1.14. The van der Waals surface area contributed by atoms with Gasteiger partial charge >= 0.3 is 5.97 Å². The average molecular weight is 365 g/mol. The number of aromatic nitrogens is 2. The molecular weight excluding hydrogens is 344 g/mol. The lowest BCUT2D eigenvalue weighted by molar-refractivity contribution is -0.137. The van der Waals surface area contributed by atoms with Crippen molar-refractivity contribution in [2.45, 2.75) is 19.0 Å². The summed E-state index contributed by atoms with van der Waals surface area (Å²) in [6.07, 6.45) is 1.98. The Balaban J connectivity index is 2.26. The molecule has 0 saturated carbocycles. The molecule has 1 unspecified atom stereocenters. The van der Waals surface area contributed by atoms with E-state index in [1.54, 1.807) is 0 Å². The molecule has 1 heterocycles. The number of hydrogen-bond donors (Lipinski definition) is 2. The second kappa shape index (κ2) is 8.64. The first-order chi connectivity index (χ1) is 11.9. The van der Waals surface area contributed by atoms with Crippen LogP contribution in [-0.4, -0.2) is 52.2 Å². The predicted octanol–water partition coefficient (Wildman–Crippen LogP) is 1.57. The van der Waals surface area contributed by atoms with Crippen molar-refractivity contribution in [3.63, 3.8) is 0 Å². The smallest absolute Gasteiger partial charge is 0.323 e. The van der Waals surface area contributed by atoms with E-state index in [1.807, 2.05) is 49.3 Å². The van der Waals surface area contributed by atoms with Crippen molar-refractivity contribution in [3.8, 4) is 0 Å². The van der Waals surface area contributed by atoms with Crippen molar-refractivity contribution in [1.29, 1.82) is 0 Å². The second-order valence-electron chi connectivity index (χ2n) is 6.01. The largest absolute Gasteiger partial charge is 0.480 e. The van der Waals surface area contributed by atoms with E-state index in [4.69, 9.17) is 16.7 Å². The highest BCUT2D eigenvalue weighted by atomic mass is 35.5. The lowest BCUT2D eigenvalue weighted by Crippen LogP contribution is -2.37. The minimum absolute atomic E-state index is 0.00910. The number of carbonyl (C=O) groups is 1. The Bertz CT molecular complexity index is 777. The van der Waals surface area contributed by atoms with E-state index in [0.29, 0.717) is 13.0 Å². The summed E-state index contributed by atoms with van der Waals surface area (Å²) >= 11 is 5.90. The summed E-state index contributed by atoms with van der Waals surface area (Å²) in [4.78, 5) is 29.5. The third kappa shape index (κ3) is 5.58. The van der Waals surface area contributed by atoms with Gasteiger partial charge in [0.15, 0.2) is 5.82 Å². The maximum absolute atomic E-state index is 12.5. The van der Waals surface area contributed by atoms with Crippen LogP contribution >= 0.6 is 11.6 Å². The van der Waals surface area contributed by atoms with Crippen LogP contribution in [0, 0.1) is 0 Å². The minimum Gasteiger partial charge on any atom is -0.480 e. The van der Waals surface area contributed by atoms with Gasteiger partial charge in [0.25, 0.3) is 5.56 Å². The number of nitrogens with one attached hydrogen (secondary N) is 1. The summed E-state index contributed by atoms with van der Waals surface area (Å²) in [6, 6.07) is 9.83. The SMILES string of the molecule is CN(C)CC(Cc1ccccc1)Nc1ncc(Cl)n(CC(=O)O)c1=O. The molecule has 1 aromatic heterocycles. The highest BCUT2D eigenvalue weighted by molar-refractivity contribution is 6.29. The van der Waals surface area contributed by atoms with E-state index in [-0.39, 0.29) is 17.0 Å². The van der Waals surface area contributed by atoms with Crippen LogP contribution < -0.4 is 10.9 Å². The molecule has 0 aliphatic rings. The van der Waals surface area contributed by atoms with Crippen molar-refractivity contribution in [3.05, 3.63) is 57.6 Å². The number of benzene rings is 1. The zero-order chi connectivity index (χ0) is 18.4.